The summed E-state index contributed by atoms with van der Waals surface area (Å²) in [5, 5.41) is 23.4. The van der Waals surface area contributed by atoms with Crippen molar-refractivity contribution in [3.05, 3.63) is 24.3 Å². The maximum absolute atomic E-state index is 12.5. The van der Waals surface area contributed by atoms with Crippen LogP contribution in [-0.2, 0) is 14.3 Å². The predicted molar refractivity (Wildman–Crippen MR) is 315 cm³/mol. The van der Waals surface area contributed by atoms with E-state index in [0.717, 1.165) is 51.4 Å². The van der Waals surface area contributed by atoms with Gasteiger partial charge in [0, 0.05) is 12.8 Å². The molecule has 0 fully saturated rings. The molecule has 0 aliphatic heterocycles. The third-order valence-electron chi connectivity index (χ3n) is 15.3. The number of aliphatic hydroxyl groups excluding tert-OH is 2. The fourth-order valence-electron chi connectivity index (χ4n) is 10.2. The lowest BCUT2D eigenvalue weighted by molar-refractivity contribution is -0.143. The summed E-state index contributed by atoms with van der Waals surface area (Å²) in [4.78, 5) is 24.6. The highest BCUT2D eigenvalue weighted by molar-refractivity contribution is 5.76. The van der Waals surface area contributed by atoms with Crippen LogP contribution in [0.15, 0.2) is 24.3 Å². The van der Waals surface area contributed by atoms with Crippen LogP contribution in [0.4, 0.5) is 0 Å². The fourth-order valence-corrected chi connectivity index (χ4v) is 10.2. The smallest absolute Gasteiger partial charge is 0.305 e. The second-order valence-corrected chi connectivity index (χ2v) is 22.5. The molecule has 2 unspecified atom stereocenters. The minimum absolute atomic E-state index is 0.00326. The average molecular weight is 1010 g/mol. The van der Waals surface area contributed by atoms with Crippen LogP contribution >= 0.6 is 0 Å². The number of esters is 1. The third-order valence-corrected chi connectivity index (χ3v) is 15.3. The van der Waals surface area contributed by atoms with Crippen molar-refractivity contribution in [2.24, 2.45) is 0 Å². The highest BCUT2D eigenvalue weighted by Gasteiger charge is 2.20. The maximum Gasteiger partial charge on any atom is 0.305 e. The van der Waals surface area contributed by atoms with Crippen LogP contribution in [0.2, 0.25) is 0 Å². The summed E-state index contributed by atoms with van der Waals surface area (Å²) in [5.74, 6) is -0.0366. The van der Waals surface area contributed by atoms with Crippen molar-refractivity contribution in [2.45, 2.75) is 373 Å². The molecule has 1 amide bonds. The Morgan fingerprint density at radius 2 is 0.708 bits per heavy atom. The summed E-state index contributed by atoms with van der Waals surface area (Å²) >= 11 is 0. The molecule has 0 aromatic carbocycles. The Hall–Kier alpha value is -1.66. The number of aliphatic hydroxyl groups is 2. The first-order valence-electron chi connectivity index (χ1n) is 32.6. The van der Waals surface area contributed by atoms with Gasteiger partial charge in [-0.15, -0.1) is 0 Å². The molecule has 0 radical (unpaired) electrons. The second-order valence-electron chi connectivity index (χ2n) is 22.5. The van der Waals surface area contributed by atoms with Crippen molar-refractivity contribution in [1.29, 1.82) is 0 Å². The summed E-state index contributed by atoms with van der Waals surface area (Å²) < 4.78 is 5.47. The Kier molecular flexibility index (Phi) is 60.5. The van der Waals surface area contributed by atoms with Crippen molar-refractivity contribution in [3.8, 4) is 0 Å². The highest BCUT2D eigenvalue weighted by atomic mass is 16.5. The Bertz CT molecular complexity index is 1120. The van der Waals surface area contributed by atoms with E-state index in [-0.39, 0.29) is 18.5 Å². The normalized spacial score (nSPS) is 12.7. The van der Waals surface area contributed by atoms with Gasteiger partial charge >= 0.3 is 5.97 Å². The molecule has 72 heavy (non-hydrogen) atoms. The van der Waals surface area contributed by atoms with Crippen molar-refractivity contribution < 1.29 is 24.5 Å². The van der Waals surface area contributed by atoms with Gasteiger partial charge in [-0.05, 0) is 51.4 Å². The molecule has 0 aliphatic rings. The number of rotatable bonds is 61. The fraction of sp³-hybridized carbons (Fsp3) is 0.909. The van der Waals surface area contributed by atoms with Crippen LogP contribution in [0.25, 0.3) is 0 Å². The molecule has 3 N–H and O–H groups in total. The monoisotopic (exact) mass is 1010 g/mol. The van der Waals surface area contributed by atoms with E-state index >= 15 is 0 Å². The number of unbranched alkanes of at least 4 members (excludes halogenated alkanes) is 46. The Balaban J connectivity index is 3.40. The van der Waals surface area contributed by atoms with E-state index in [2.05, 4.69) is 43.5 Å². The van der Waals surface area contributed by atoms with Gasteiger partial charge in [-0.1, -0.05) is 321 Å². The molecule has 2 atom stereocenters. The van der Waals surface area contributed by atoms with E-state index in [9.17, 15) is 19.8 Å². The molecule has 0 saturated carbocycles. The van der Waals surface area contributed by atoms with Crippen LogP contribution in [0.5, 0.6) is 0 Å². The molecule has 426 valence electrons. The van der Waals surface area contributed by atoms with Crippen molar-refractivity contribution in [3.63, 3.8) is 0 Å². The molecule has 0 heterocycles. The first kappa shape index (κ1) is 70.3. The van der Waals surface area contributed by atoms with E-state index in [1.54, 1.807) is 0 Å². The molecule has 0 aromatic rings. The first-order valence-corrected chi connectivity index (χ1v) is 32.6. The number of hydrogen-bond donors (Lipinski definition) is 3. The standard InChI is InChI=1S/C66H127NO5/c1-3-5-7-9-11-13-15-17-19-20-21-22-25-28-31-34-38-42-46-50-54-58-64(69)63(62-68)67-65(70)59-55-51-47-43-39-35-32-29-26-23-24-27-30-33-37-41-45-49-53-57-61-72-66(71)60-56-52-48-44-40-36-18-16-14-12-10-8-6-4-2/h10,12,16,18,63-64,68-69H,3-9,11,13-15,17,19-62H2,1-2H3,(H,67,70)/b12-10-,18-16-. The quantitative estimate of drug-likeness (QED) is 0.0320. The molecular formula is C66H127NO5. The van der Waals surface area contributed by atoms with Gasteiger partial charge in [-0.2, -0.15) is 0 Å². The van der Waals surface area contributed by atoms with Gasteiger partial charge in [-0.3, -0.25) is 9.59 Å². The van der Waals surface area contributed by atoms with E-state index < -0.39 is 12.1 Å². The Morgan fingerprint density at radius 1 is 0.389 bits per heavy atom. The number of nitrogens with one attached hydrogen (secondary N) is 1. The number of hydrogen-bond acceptors (Lipinski definition) is 5. The lowest BCUT2D eigenvalue weighted by atomic mass is 10.0. The maximum atomic E-state index is 12.5. The summed E-state index contributed by atoms with van der Waals surface area (Å²) in [6.45, 7) is 4.93. The minimum Gasteiger partial charge on any atom is -0.466 e. The minimum atomic E-state index is -0.667. The van der Waals surface area contributed by atoms with Gasteiger partial charge in [0.2, 0.25) is 5.91 Å². The van der Waals surface area contributed by atoms with Gasteiger partial charge in [-0.25, -0.2) is 0 Å². The SMILES string of the molecule is CCCC/C=C\C/C=C\CCCCCCCC(=O)OCCCCCCCCCCCCCCCCCCCCCCC(=O)NC(CO)C(O)CCCCCCCCCCCCCCCCCCCCCCC. The van der Waals surface area contributed by atoms with Crippen molar-refractivity contribution in [1.82, 2.24) is 5.32 Å². The van der Waals surface area contributed by atoms with Gasteiger partial charge in [0.15, 0.2) is 0 Å². The molecule has 0 aliphatic carbocycles. The summed E-state index contributed by atoms with van der Waals surface area (Å²) in [6, 6.07) is -0.544. The predicted octanol–water partition coefficient (Wildman–Crippen LogP) is 20.6. The van der Waals surface area contributed by atoms with Crippen LogP contribution in [-0.4, -0.2) is 47.4 Å². The summed E-state index contributed by atoms with van der Waals surface area (Å²) in [7, 11) is 0. The van der Waals surface area contributed by atoms with Gasteiger partial charge in [0.05, 0.1) is 25.4 Å². The number of allylic oxidation sites excluding steroid dienone is 4. The van der Waals surface area contributed by atoms with Crippen LogP contribution in [0.3, 0.4) is 0 Å². The molecule has 6 nitrogen and oxygen atoms in total. The molecule has 0 bridgehead atoms. The molecular weight excluding hydrogens is 887 g/mol. The number of carbonyl (C=O) groups is 2. The number of amides is 1. The lowest BCUT2D eigenvalue weighted by Crippen LogP contribution is -2.45. The number of carbonyl (C=O) groups excluding carboxylic acids is 2. The Labute approximate surface area is 450 Å². The second kappa shape index (κ2) is 61.9. The zero-order valence-corrected chi connectivity index (χ0v) is 48.7. The number of ether oxygens (including phenoxy) is 1. The van der Waals surface area contributed by atoms with Gasteiger partial charge in [0.25, 0.3) is 0 Å². The van der Waals surface area contributed by atoms with Crippen LogP contribution in [0.1, 0.15) is 361 Å². The van der Waals surface area contributed by atoms with Crippen molar-refractivity contribution >= 4 is 11.9 Å². The lowest BCUT2D eigenvalue weighted by Gasteiger charge is -2.22. The molecule has 6 heteroatoms. The molecule has 0 aromatic heterocycles. The average Bonchev–Trinajstić information content (AvgIpc) is 3.38. The van der Waals surface area contributed by atoms with E-state index in [4.69, 9.17) is 4.74 Å². The van der Waals surface area contributed by atoms with E-state index in [1.807, 2.05) is 0 Å². The summed E-state index contributed by atoms with van der Waals surface area (Å²) in [5.41, 5.74) is 0. The zero-order valence-electron chi connectivity index (χ0n) is 48.7. The van der Waals surface area contributed by atoms with Crippen LogP contribution < -0.4 is 5.32 Å². The molecule has 0 rings (SSSR count). The van der Waals surface area contributed by atoms with Crippen LogP contribution in [0, 0.1) is 0 Å². The first-order chi connectivity index (χ1) is 35.5. The molecule has 0 saturated heterocycles. The zero-order chi connectivity index (χ0) is 52.2. The van der Waals surface area contributed by atoms with E-state index in [1.165, 1.54) is 276 Å². The van der Waals surface area contributed by atoms with Crippen molar-refractivity contribution in [2.75, 3.05) is 13.2 Å². The third kappa shape index (κ3) is 57.6. The Morgan fingerprint density at radius 3 is 1.10 bits per heavy atom. The topological polar surface area (TPSA) is 95.9 Å². The highest BCUT2D eigenvalue weighted by Crippen LogP contribution is 2.18. The summed E-state index contributed by atoms with van der Waals surface area (Å²) in [6.07, 6.45) is 76.2. The van der Waals surface area contributed by atoms with E-state index in [0.29, 0.717) is 25.9 Å². The van der Waals surface area contributed by atoms with Gasteiger partial charge < -0.3 is 20.3 Å². The molecule has 0 spiro atoms. The largest absolute Gasteiger partial charge is 0.466 e. The van der Waals surface area contributed by atoms with Gasteiger partial charge in [0.1, 0.15) is 0 Å².